The van der Waals surface area contributed by atoms with Gasteiger partial charge in [-0.25, -0.2) is 0 Å². The predicted molar refractivity (Wildman–Crippen MR) is 112 cm³/mol. The lowest BCUT2D eigenvalue weighted by molar-refractivity contribution is 0.174. The van der Waals surface area contributed by atoms with E-state index in [1.54, 1.807) is 0 Å². The number of nitrogens with one attached hydrogen (secondary N) is 1. The molecule has 2 aromatic rings. The van der Waals surface area contributed by atoms with E-state index in [1.807, 2.05) is 18.2 Å². The highest BCUT2D eigenvalue weighted by molar-refractivity contribution is 7.80. The number of ether oxygens (including phenoxy) is 2. The lowest BCUT2D eigenvalue weighted by Gasteiger charge is -2.38. The van der Waals surface area contributed by atoms with E-state index >= 15 is 0 Å². The fraction of sp³-hybridized carbons (Fsp3) is 0.381. The van der Waals surface area contributed by atoms with Crippen molar-refractivity contribution in [2.24, 2.45) is 0 Å². The standard InChI is InChI=1S/C21H25N3O2S/c1-15-4-3-5-18(16(15)2)23-8-10-24(11-9-23)21(27)22-13-17-6-7-19-20(12-17)26-14-25-19/h3-7,12H,8-11,13-14H2,1-2H3,(H,22,27). The fourth-order valence-corrected chi connectivity index (χ4v) is 3.82. The van der Waals surface area contributed by atoms with Gasteiger partial charge in [0.15, 0.2) is 16.6 Å². The molecule has 0 radical (unpaired) electrons. The van der Waals surface area contributed by atoms with Crippen molar-refractivity contribution in [2.75, 3.05) is 37.9 Å². The summed E-state index contributed by atoms with van der Waals surface area (Å²) in [6, 6.07) is 12.5. The fourth-order valence-electron chi connectivity index (χ4n) is 3.57. The average Bonchev–Trinajstić information content (AvgIpc) is 3.16. The van der Waals surface area contributed by atoms with E-state index in [0.717, 1.165) is 48.4 Å². The summed E-state index contributed by atoms with van der Waals surface area (Å²) in [5.41, 5.74) is 5.19. The molecular weight excluding hydrogens is 358 g/mol. The molecule has 0 amide bonds. The Morgan fingerprint density at radius 2 is 1.81 bits per heavy atom. The van der Waals surface area contributed by atoms with Crippen molar-refractivity contribution in [3.05, 3.63) is 53.1 Å². The molecule has 6 heteroatoms. The number of anilines is 1. The molecule has 1 saturated heterocycles. The molecule has 0 spiro atoms. The highest BCUT2D eigenvalue weighted by Gasteiger charge is 2.20. The molecule has 0 aliphatic carbocycles. The molecule has 0 aromatic heterocycles. The normalized spacial score (nSPS) is 15.8. The number of benzene rings is 2. The third-order valence-electron chi connectivity index (χ3n) is 5.36. The monoisotopic (exact) mass is 383 g/mol. The summed E-state index contributed by atoms with van der Waals surface area (Å²) < 4.78 is 10.8. The molecule has 4 rings (SSSR count). The molecule has 1 N–H and O–H groups in total. The molecule has 2 heterocycles. The van der Waals surface area contributed by atoms with E-state index in [2.05, 4.69) is 47.2 Å². The minimum Gasteiger partial charge on any atom is -0.454 e. The first-order valence-corrected chi connectivity index (χ1v) is 9.75. The summed E-state index contributed by atoms with van der Waals surface area (Å²) in [5.74, 6) is 1.62. The Balaban J connectivity index is 1.30. The Hall–Kier alpha value is -2.47. The number of thiocarbonyl (C=S) groups is 1. The smallest absolute Gasteiger partial charge is 0.231 e. The topological polar surface area (TPSA) is 37.0 Å². The number of fused-ring (bicyclic) bond motifs is 1. The van der Waals surface area contributed by atoms with Gasteiger partial charge in [-0.2, -0.15) is 0 Å². The van der Waals surface area contributed by atoms with Crippen LogP contribution in [0.1, 0.15) is 16.7 Å². The highest BCUT2D eigenvalue weighted by Crippen LogP contribution is 2.32. The maximum absolute atomic E-state index is 5.61. The van der Waals surface area contributed by atoms with Gasteiger partial charge in [0.2, 0.25) is 6.79 Å². The lowest BCUT2D eigenvalue weighted by atomic mass is 10.1. The van der Waals surface area contributed by atoms with Gasteiger partial charge < -0.3 is 24.6 Å². The van der Waals surface area contributed by atoms with E-state index in [9.17, 15) is 0 Å². The molecule has 1 fully saturated rings. The number of nitrogens with zero attached hydrogens (tertiary/aromatic N) is 2. The van der Waals surface area contributed by atoms with Crippen LogP contribution >= 0.6 is 12.2 Å². The Bertz CT molecular complexity index is 847. The van der Waals surface area contributed by atoms with Crippen LogP contribution < -0.4 is 19.7 Å². The minimum atomic E-state index is 0.301. The van der Waals surface area contributed by atoms with Gasteiger partial charge in [0.05, 0.1) is 0 Å². The van der Waals surface area contributed by atoms with Crippen molar-refractivity contribution in [3.63, 3.8) is 0 Å². The van der Waals surface area contributed by atoms with E-state index < -0.39 is 0 Å². The number of rotatable bonds is 3. The quantitative estimate of drug-likeness (QED) is 0.821. The predicted octanol–water partition coefficient (Wildman–Crippen LogP) is 3.23. The largest absolute Gasteiger partial charge is 0.454 e. The van der Waals surface area contributed by atoms with Crippen molar-refractivity contribution in [1.82, 2.24) is 10.2 Å². The Kier molecular flexibility index (Phi) is 5.07. The van der Waals surface area contributed by atoms with Crippen molar-refractivity contribution in [2.45, 2.75) is 20.4 Å². The zero-order valence-electron chi connectivity index (χ0n) is 15.8. The number of piperazine rings is 1. The van der Waals surface area contributed by atoms with Crippen LogP contribution in [-0.4, -0.2) is 43.0 Å². The maximum Gasteiger partial charge on any atom is 0.231 e. The van der Waals surface area contributed by atoms with Gasteiger partial charge >= 0.3 is 0 Å². The molecule has 2 aliphatic rings. The number of hydrogen-bond donors (Lipinski definition) is 1. The third-order valence-corrected chi connectivity index (χ3v) is 5.77. The summed E-state index contributed by atoms with van der Waals surface area (Å²) >= 11 is 5.61. The second-order valence-electron chi connectivity index (χ2n) is 7.04. The summed E-state index contributed by atoms with van der Waals surface area (Å²) in [7, 11) is 0. The van der Waals surface area contributed by atoms with Gasteiger partial charge in [0.1, 0.15) is 0 Å². The average molecular weight is 384 g/mol. The molecule has 5 nitrogen and oxygen atoms in total. The van der Waals surface area contributed by atoms with Crippen LogP contribution in [-0.2, 0) is 6.54 Å². The van der Waals surface area contributed by atoms with Crippen molar-refractivity contribution >= 4 is 23.0 Å². The van der Waals surface area contributed by atoms with Gasteiger partial charge in [-0.05, 0) is 61.0 Å². The Labute approximate surface area is 165 Å². The van der Waals surface area contributed by atoms with Crippen molar-refractivity contribution in [1.29, 1.82) is 0 Å². The number of aryl methyl sites for hydroxylation is 1. The second-order valence-corrected chi connectivity index (χ2v) is 7.43. The highest BCUT2D eigenvalue weighted by atomic mass is 32.1. The molecule has 2 aliphatic heterocycles. The molecular formula is C21H25N3O2S. The number of hydrogen-bond acceptors (Lipinski definition) is 4. The summed E-state index contributed by atoms with van der Waals surface area (Å²) in [6.45, 7) is 9.19. The van der Waals surface area contributed by atoms with Gasteiger partial charge in [0.25, 0.3) is 0 Å². The van der Waals surface area contributed by atoms with Gasteiger partial charge in [-0.1, -0.05) is 18.2 Å². The molecule has 0 bridgehead atoms. The summed E-state index contributed by atoms with van der Waals surface area (Å²) in [6.07, 6.45) is 0. The molecule has 27 heavy (non-hydrogen) atoms. The zero-order chi connectivity index (χ0) is 18.8. The minimum absolute atomic E-state index is 0.301. The van der Waals surface area contributed by atoms with Crippen LogP contribution in [0.4, 0.5) is 5.69 Å². The summed E-state index contributed by atoms with van der Waals surface area (Å²) in [5, 5.41) is 4.19. The van der Waals surface area contributed by atoms with Gasteiger partial charge in [0, 0.05) is 38.4 Å². The third kappa shape index (κ3) is 3.81. The van der Waals surface area contributed by atoms with Crippen LogP contribution in [0.3, 0.4) is 0 Å². The van der Waals surface area contributed by atoms with E-state index in [1.165, 1.54) is 16.8 Å². The molecule has 2 aromatic carbocycles. The zero-order valence-corrected chi connectivity index (χ0v) is 16.6. The Morgan fingerprint density at radius 3 is 2.63 bits per heavy atom. The van der Waals surface area contributed by atoms with Gasteiger partial charge in [-0.3, -0.25) is 0 Å². The van der Waals surface area contributed by atoms with E-state index in [-0.39, 0.29) is 0 Å². The van der Waals surface area contributed by atoms with Crippen LogP contribution in [0, 0.1) is 13.8 Å². The SMILES string of the molecule is Cc1cccc(N2CCN(C(=S)NCc3ccc4c(c3)OCO4)CC2)c1C. The van der Waals surface area contributed by atoms with E-state index in [0.29, 0.717) is 13.3 Å². The first-order valence-electron chi connectivity index (χ1n) is 9.34. The van der Waals surface area contributed by atoms with Gasteiger partial charge in [-0.15, -0.1) is 0 Å². The van der Waals surface area contributed by atoms with Crippen LogP contribution in [0.5, 0.6) is 11.5 Å². The lowest BCUT2D eigenvalue weighted by Crippen LogP contribution is -2.51. The maximum atomic E-state index is 5.61. The van der Waals surface area contributed by atoms with Crippen molar-refractivity contribution < 1.29 is 9.47 Å². The molecule has 142 valence electrons. The summed E-state index contributed by atoms with van der Waals surface area (Å²) in [4.78, 5) is 4.71. The van der Waals surface area contributed by atoms with Crippen LogP contribution in [0.2, 0.25) is 0 Å². The molecule has 0 unspecified atom stereocenters. The van der Waals surface area contributed by atoms with Crippen molar-refractivity contribution in [3.8, 4) is 11.5 Å². The molecule has 0 atom stereocenters. The molecule has 0 saturated carbocycles. The second kappa shape index (κ2) is 7.64. The first kappa shape index (κ1) is 17.9. The van der Waals surface area contributed by atoms with E-state index in [4.69, 9.17) is 21.7 Å². The Morgan fingerprint density at radius 1 is 1.04 bits per heavy atom. The first-order chi connectivity index (χ1) is 13.1. The van der Waals surface area contributed by atoms with Crippen LogP contribution in [0.25, 0.3) is 0 Å². The van der Waals surface area contributed by atoms with Crippen LogP contribution in [0.15, 0.2) is 36.4 Å².